The van der Waals surface area contributed by atoms with E-state index in [1.54, 1.807) is 0 Å². The molecule has 74 heavy (non-hydrogen) atoms. The molecule has 0 atom stereocenters. The second kappa shape index (κ2) is 18.1. The van der Waals surface area contributed by atoms with E-state index in [2.05, 4.69) is 219 Å². The Morgan fingerprint density at radius 3 is 1.97 bits per heavy atom. The predicted octanol–water partition coefficient (Wildman–Crippen LogP) is 17.8. The second-order valence-electron chi connectivity index (χ2n) is 22.6. The van der Waals surface area contributed by atoms with Crippen molar-refractivity contribution in [3.05, 3.63) is 199 Å². The van der Waals surface area contributed by atoms with E-state index in [1.165, 1.54) is 5.56 Å². The molecule has 12 aromatic rings. The van der Waals surface area contributed by atoms with E-state index in [4.69, 9.17) is 19.4 Å². The Balaban J connectivity index is 0.00000588. The second-order valence-corrected chi connectivity index (χ2v) is 22.6. The minimum absolute atomic E-state index is 0. The van der Waals surface area contributed by atoms with Gasteiger partial charge in [-0.2, -0.15) is 0 Å². The van der Waals surface area contributed by atoms with Gasteiger partial charge in [0.05, 0.1) is 33.4 Å². The molecule has 7 heteroatoms. The molecule has 6 nitrogen and oxygen atoms in total. The van der Waals surface area contributed by atoms with Crippen molar-refractivity contribution in [1.82, 2.24) is 19.5 Å². The van der Waals surface area contributed by atoms with Crippen LogP contribution in [0.1, 0.15) is 79.0 Å². The third kappa shape index (κ3) is 8.40. The largest absolute Gasteiger partial charge is 0.507 e. The van der Waals surface area contributed by atoms with Gasteiger partial charge in [0.15, 0.2) is 0 Å². The molecule has 4 heterocycles. The number of phenolic OH excluding ortho intramolecular Hbond substituents is 1. The van der Waals surface area contributed by atoms with Gasteiger partial charge in [-0.15, -0.1) is 17.7 Å². The van der Waals surface area contributed by atoms with E-state index in [0.717, 1.165) is 111 Å². The van der Waals surface area contributed by atoms with Crippen LogP contribution in [-0.4, -0.2) is 24.6 Å². The molecule has 0 fully saturated rings. The summed E-state index contributed by atoms with van der Waals surface area (Å²) in [4.78, 5) is 15.7. The van der Waals surface area contributed by atoms with Crippen molar-refractivity contribution in [2.24, 2.45) is 0 Å². The van der Waals surface area contributed by atoms with Crippen LogP contribution in [-0.2, 0) is 37.3 Å². The molecule has 0 amide bonds. The third-order valence-electron chi connectivity index (χ3n) is 14.5. The summed E-state index contributed by atoms with van der Waals surface area (Å²) < 4.78 is 9.26. The zero-order valence-corrected chi connectivity index (χ0v) is 45.5. The number of nitrogens with zero attached hydrogens (tertiary/aromatic N) is 4. The van der Waals surface area contributed by atoms with Gasteiger partial charge < -0.3 is 9.52 Å². The molecule has 1 N–H and O–H groups in total. The number of benzene rings is 8. The van der Waals surface area contributed by atoms with Gasteiger partial charge >= 0.3 is 0 Å². The van der Waals surface area contributed by atoms with Crippen molar-refractivity contribution in [3.8, 4) is 67.5 Å². The number of rotatable bonds is 6. The first-order chi connectivity index (χ1) is 35.0. The first-order valence-corrected chi connectivity index (χ1v) is 25.2. The number of aromatic hydroxyl groups is 1. The fourth-order valence-electron chi connectivity index (χ4n) is 10.5. The summed E-state index contributed by atoms with van der Waals surface area (Å²) in [6.45, 7) is 19.9. The number of furan rings is 1. The van der Waals surface area contributed by atoms with Crippen molar-refractivity contribution < 1.29 is 30.6 Å². The summed E-state index contributed by atoms with van der Waals surface area (Å²) in [7, 11) is 0. The van der Waals surface area contributed by atoms with E-state index < -0.39 is 0 Å². The average molecular weight is 1150 g/mol. The fraction of sp³-hybridized carbons (Fsp3) is 0.179. The van der Waals surface area contributed by atoms with Crippen LogP contribution in [0, 0.1) is 6.07 Å². The molecule has 12 rings (SSSR count). The topological polar surface area (TPSA) is 77.0 Å². The number of para-hydroxylation sites is 1. The Morgan fingerprint density at radius 2 is 1.24 bits per heavy atom. The molecule has 8 aromatic carbocycles. The predicted molar refractivity (Wildman–Crippen MR) is 303 cm³/mol. The van der Waals surface area contributed by atoms with Crippen LogP contribution in [0.5, 0.6) is 5.75 Å². The molecule has 0 unspecified atom stereocenters. The van der Waals surface area contributed by atoms with Crippen LogP contribution in [0.2, 0.25) is 0 Å². The van der Waals surface area contributed by atoms with Gasteiger partial charge in [-0.25, -0.2) is 4.98 Å². The van der Waals surface area contributed by atoms with Crippen LogP contribution in [0.15, 0.2) is 181 Å². The number of aromatic nitrogens is 4. The van der Waals surface area contributed by atoms with Crippen molar-refractivity contribution in [3.63, 3.8) is 0 Å². The summed E-state index contributed by atoms with van der Waals surface area (Å²) >= 11 is 0. The van der Waals surface area contributed by atoms with Gasteiger partial charge in [0.1, 0.15) is 17.2 Å². The molecule has 0 saturated carbocycles. The molecule has 4 aromatic heterocycles. The van der Waals surface area contributed by atoms with Crippen LogP contribution in [0.4, 0.5) is 0 Å². The summed E-state index contributed by atoms with van der Waals surface area (Å²) in [5, 5.41) is 17.8. The Labute approximate surface area is 447 Å². The molecule has 0 bridgehead atoms. The Bertz CT molecular complexity index is 4150. The van der Waals surface area contributed by atoms with Crippen LogP contribution < -0.4 is 0 Å². The zero-order chi connectivity index (χ0) is 50.6. The Hall–Kier alpha value is -7.66. The zero-order valence-electron chi connectivity index (χ0n) is 43.2. The number of imidazole rings is 1. The maximum atomic E-state index is 12.7. The number of hydrogen-bond donors (Lipinski definition) is 1. The van der Waals surface area contributed by atoms with E-state index in [9.17, 15) is 5.11 Å². The Kier molecular flexibility index (Phi) is 11.9. The van der Waals surface area contributed by atoms with Gasteiger partial charge in [0.2, 0.25) is 0 Å². The molecule has 0 saturated heterocycles. The molecule has 0 radical (unpaired) electrons. The van der Waals surface area contributed by atoms with Gasteiger partial charge in [-0.1, -0.05) is 189 Å². The van der Waals surface area contributed by atoms with Crippen molar-refractivity contribution in [1.29, 1.82) is 0 Å². The minimum Gasteiger partial charge on any atom is -0.507 e. The molecule has 368 valence electrons. The molecule has 0 aliphatic carbocycles. The standard InChI is InChI=1S/C67H57N4O2.Pt/c1-65(2,3)45-27-28-58(49(34-45)41-21-14-11-15-22-41)71-59-26-18-25-48(61(59)70-64(71)54-35-46(66(4,5)6)36-55(62(54)72)67(7,8)9)44-31-52-51-37-57-50(47-24-17-16-23-43(47)39-69-57)38-60(51)73-63(52)53(32-44)56-33-42(29-30-68-56)40-19-12-10-13-20-40;/h10-31,33-39,72H,1-9H3;/q-1;. The quantitative estimate of drug-likeness (QED) is 0.133. The fourth-order valence-corrected chi connectivity index (χ4v) is 10.5. The first kappa shape index (κ1) is 48.6. The maximum absolute atomic E-state index is 12.7. The van der Waals surface area contributed by atoms with Crippen molar-refractivity contribution in [2.75, 3.05) is 0 Å². The van der Waals surface area contributed by atoms with Gasteiger partial charge in [-0.3, -0.25) is 14.5 Å². The first-order valence-electron chi connectivity index (χ1n) is 25.2. The normalized spacial score (nSPS) is 12.3. The molecular weight excluding hydrogens is 1090 g/mol. The number of hydrogen-bond acceptors (Lipinski definition) is 5. The van der Waals surface area contributed by atoms with Gasteiger partial charge in [0.25, 0.3) is 0 Å². The molecule has 0 aliphatic heterocycles. The van der Waals surface area contributed by atoms with Gasteiger partial charge in [-0.05, 0) is 97.3 Å². The van der Waals surface area contributed by atoms with Crippen molar-refractivity contribution in [2.45, 2.75) is 78.6 Å². The maximum Gasteiger partial charge on any atom is 0.148 e. The number of pyridine rings is 2. The minimum atomic E-state index is -0.362. The molecule has 0 spiro atoms. The summed E-state index contributed by atoms with van der Waals surface area (Å²) in [5.41, 5.74) is 15.6. The van der Waals surface area contributed by atoms with Gasteiger partial charge in [0, 0.05) is 66.4 Å². The third-order valence-corrected chi connectivity index (χ3v) is 14.5. The summed E-state index contributed by atoms with van der Waals surface area (Å²) in [5.74, 6) is 0.874. The van der Waals surface area contributed by atoms with E-state index in [0.29, 0.717) is 17.0 Å². The monoisotopic (exact) mass is 1140 g/mol. The van der Waals surface area contributed by atoms with Crippen LogP contribution in [0.25, 0.3) is 116 Å². The van der Waals surface area contributed by atoms with E-state index in [1.807, 2.05) is 30.6 Å². The van der Waals surface area contributed by atoms with Crippen molar-refractivity contribution >= 4 is 54.6 Å². The SMILES string of the molecule is CC(C)(C)c1ccc(-n2c(-c3cc(C(C)(C)C)cc(C(C)(C)C)c3O)nc3c(-c4[c-]c(-c5cc(-c6ccccc6)ccn5)c5oc6cc7c(cc6c5c4)ncc4ccccc47)cccc32)c(-c2ccccc2)c1.[Pt]. The van der Waals surface area contributed by atoms with Crippen LogP contribution in [0.3, 0.4) is 0 Å². The van der Waals surface area contributed by atoms with E-state index in [-0.39, 0.29) is 43.1 Å². The molecular formula is C67H57N4O2Pt-. The van der Waals surface area contributed by atoms with Crippen LogP contribution >= 0.6 is 0 Å². The van der Waals surface area contributed by atoms with E-state index >= 15 is 0 Å². The molecule has 0 aliphatic rings. The smallest absolute Gasteiger partial charge is 0.148 e. The Morgan fingerprint density at radius 1 is 0.541 bits per heavy atom. The average Bonchev–Trinajstić information content (AvgIpc) is 3.96. The number of phenols is 1. The summed E-state index contributed by atoms with van der Waals surface area (Å²) in [6, 6.07) is 61.4. The summed E-state index contributed by atoms with van der Waals surface area (Å²) in [6.07, 6.45) is 3.81. The number of fused-ring (bicyclic) bond motifs is 7.